The number of nitrogens with zero attached hydrogens (tertiary/aromatic N) is 4. The Hall–Kier alpha value is -3.88. The second-order valence-corrected chi connectivity index (χ2v) is 6.62. The molecule has 29 heavy (non-hydrogen) atoms. The molecule has 0 N–H and O–H groups in total. The van der Waals surface area contributed by atoms with Gasteiger partial charge in [-0.3, -0.25) is 18.7 Å². The maximum atomic E-state index is 13.2. The summed E-state index contributed by atoms with van der Waals surface area (Å²) >= 11 is 0. The van der Waals surface area contributed by atoms with Gasteiger partial charge in [-0.05, 0) is 30.3 Å². The van der Waals surface area contributed by atoms with Crippen LogP contribution < -0.4 is 11.2 Å². The highest BCUT2D eigenvalue weighted by atomic mass is 16.3. The van der Waals surface area contributed by atoms with Gasteiger partial charge in [-0.2, -0.15) is 0 Å². The van der Waals surface area contributed by atoms with E-state index < -0.39 is 11.2 Å². The van der Waals surface area contributed by atoms with E-state index in [0.29, 0.717) is 11.5 Å². The molecule has 0 aliphatic rings. The molecule has 4 aromatic heterocycles. The lowest BCUT2D eigenvalue weighted by atomic mass is 10.2. The van der Waals surface area contributed by atoms with Crippen LogP contribution in [0.3, 0.4) is 0 Å². The van der Waals surface area contributed by atoms with E-state index in [1.807, 2.05) is 0 Å². The SMILES string of the molecule is Cn1c(=O)c2cc(C(=O)N(Cc3ccco3)Cc3ccco3)cnc2n(C)c1=O. The molecule has 0 fully saturated rings. The van der Waals surface area contributed by atoms with E-state index in [9.17, 15) is 14.4 Å². The standard InChI is InChI=1S/C20H18N4O5/c1-22-17-16(19(26)23(2)20(22)27)9-13(10-21-17)18(25)24(11-14-5-3-7-28-14)12-15-6-4-8-29-15/h3-10H,11-12H2,1-2H3. The number of aryl methyl sites for hydroxylation is 1. The van der Waals surface area contributed by atoms with Crippen LogP contribution in [-0.2, 0) is 27.2 Å². The lowest BCUT2D eigenvalue weighted by Crippen LogP contribution is -2.37. The van der Waals surface area contributed by atoms with E-state index in [1.165, 1.54) is 48.4 Å². The van der Waals surface area contributed by atoms with Gasteiger partial charge in [0, 0.05) is 20.3 Å². The molecule has 0 bridgehead atoms. The molecular formula is C20H18N4O5. The minimum Gasteiger partial charge on any atom is -0.467 e. The molecule has 9 nitrogen and oxygen atoms in total. The van der Waals surface area contributed by atoms with E-state index >= 15 is 0 Å². The molecule has 0 aliphatic heterocycles. The first-order valence-electron chi connectivity index (χ1n) is 8.85. The maximum Gasteiger partial charge on any atom is 0.332 e. The highest BCUT2D eigenvalue weighted by molar-refractivity contribution is 5.96. The Bertz CT molecular complexity index is 1250. The summed E-state index contributed by atoms with van der Waals surface area (Å²) in [7, 11) is 2.91. The zero-order valence-corrected chi connectivity index (χ0v) is 15.9. The molecule has 0 aliphatic carbocycles. The summed E-state index contributed by atoms with van der Waals surface area (Å²) in [5.41, 5.74) is -0.537. The molecule has 148 valence electrons. The van der Waals surface area contributed by atoms with Gasteiger partial charge < -0.3 is 13.7 Å². The number of hydrogen-bond acceptors (Lipinski definition) is 6. The van der Waals surface area contributed by atoms with Crippen molar-refractivity contribution >= 4 is 16.9 Å². The summed E-state index contributed by atoms with van der Waals surface area (Å²) in [6.07, 6.45) is 4.43. The summed E-state index contributed by atoms with van der Waals surface area (Å²) in [4.78, 5) is 43.5. The van der Waals surface area contributed by atoms with Gasteiger partial charge in [0.15, 0.2) is 0 Å². The van der Waals surface area contributed by atoms with Crippen LogP contribution in [0.2, 0.25) is 0 Å². The van der Waals surface area contributed by atoms with Crippen LogP contribution in [0.25, 0.3) is 11.0 Å². The molecule has 1 amide bonds. The summed E-state index contributed by atoms with van der Waals surface area (Å²) < 4.78 is 13.0. The Morgan fingerprint density at radius 3 is 2.21 bits per heavy atom. The van der Waals surface area contributed by atoms with Gasteiger partial charge in [0.05, 0.1) is 36.6 Å². The van der Waals surface area contributed by atoms with Crippen LogP contribution in [-0.4, -0.2) is 24.9 Å². The lowest BCUT2D eigenvalue weighted by Gasteiger charge is -2.21. The van der Waals surface area contributed by atoms with Crippen molar-refractivity contribution in [3.63, 3.8) is 0 Å². The lowest BCUT2D eigenvalue weighted by molar-refractivity contribution is 0.0704. The zero-order chi connectivity index (χ0) is 20.5. The van der Waals surface area contributed by atoms with Crippen LogP contribution in [0.5, 0.6) is 0 Å². The van der Waals surface area contributed by atoms with Crippen LogP contribution >= 0.6 is 0 Å². The average molecular weight is 394 g/mol. The number of amides is 1. The fourth-order valence-electron chi connectivity index (χ4n) is 3.15. The third kappa shape index (κ3) is 3.38. The van der Waals surface area contributed by atoms with Crippen molar-refractivity contribution in [2.24, 2.45) is 14.1 Å². The number of aromatic nitrogens is 3. The largest absolute Gasteiger partial charge is 0.467 e. The maximum absolute atomic E-state index is 13.2. The summed E-state index contributed by atoms with van der Waals surface area (Å²) in [5.74, 6) is 0.872. The Morgan fingerprint density at radius 2 is 1.66 bits per heavy atom. The molecule has 0 unspecified atom stereocenters. The van der Waals surface area contributed by atoms with Crippen molar-refractivity contribution in [2.75, 3.05) is 0 Å². The van der Waals surface area contributed by atoms with Crippen molar-refractivity contribution in [2.45, 2.75) is 13.1 Å². The number of fused-ring (bicyclic) bond motifs is 1. The summed E-state index contributed by atoms with van der Waals surface area (Å²) in [6.45, 7) is 0.436. The Morgan fingerprint density at radius 1 is 1.03 bits per heavy atom. The summed E-state index contributed by atoms with van der Waals surface area (Å²) in [6, 6.07) is 8.49. The molecule has 0 saturated heterocycles. The second kappa shape index (κ2) is 7.27. The second-order valence-electron chi connectivity index (χ2n) is 6.62. The smallest absolute Gasteiger partial charge is 0.332 e. The minimum atomic E-state index is -0.506. The minimum absolute atomic E-state index is 0.191. The third-order valence-electron chi connectivity index (χ3n) is 4.68. The van der Waals surface area contributed by atoms with Crippen LogP contribution in [0.15, 0.2) is 67.5 Å². The molecule has 4 aromatic rings. The molecule has 9 heteroatoms. The molecule has 0 saturated carbocycles. The Balaban J connectivity index is 1.76. The van der Waals surface area contributed by atoms with Gasteiger partial charge in [-0.25, -0.2) is 9.78 Å². The van der Waals surface area contributed by atoms with Gasteiger partial charge in [-0.15, -0.1) is 0 Å². The number of carbonyl (C=O) groups is 1. The third-order valence-corrected chi connectivity index (χ3v) is 4.68. The van der Waals surface area contributed by atoms with E-state index in [-0.39, 0.29) is 35.6 Å². The van der Waals surface area contributed by atoms with E-state index in [4.69, 9.17) is 8.83 Å². The molecule has 0 radical (unpaired) electrons. The van der Waals surface area contributed by atoms with E-state index in [2.05, 4.69) is 4.98 Å². The molecule has 0 atom stereocenters. The number of pyridine rings is 1. The van der Waals surface area contributed by atoms with E-state index in [1.54, 1.807) is 24.3 Å². The Labute approximate surface area is 164 Å². The number of carbonyl (C=O) groups excluding carboxylic acids is 1. The van der Waals surface area contributed by atoms with Gasteiger partial charge in [0.25, 0.3) is 11.5 Å². The predicted octanol–water partition coefficient (Wildman–Crippen LogP) is 1.66. The average Bonchev–Trinajstić information content (AvgIpc) is 3.43. The van der Waals surface area contributed by atoms with Gasteiger partial charge in [0.1, 0.15) is 17.2 Å². The van der Waals surface area contributed by atoms with Crippen LogP contribution in [0.1, 0.15) is 21.9 Å². The van der Waals surface area contributed by atoms with E-state index in [0.717, 1.165) is 4.57 Å². The van der Waals surface area contributed by atoms with Crippen LogP contribution in [0.4, 0.5) is 0 Å². The fraction of sp³-hybridized carbons (Fsp3) is 0.200. The van der Waals surface area contributed by atoms with Gasteiger partial charge in [-0.1, -0.05) is 0 Å². The number of rotatable bonds is 5. The van der Waals surface area contributed by atoms with Gasteiger partial charge in [0.2, 0.25) is 0 Å². The topological polar surface area (TPSA) is 103 Å². The van der Waals surface area contributed by atoms with Gasteiger partial charge >= 0.3 is 5.69 Å². The highest BCUT2D eigenvalue weighted by Gasteiger charge is 2.21. The fourth-order valence-corrected chi connectivity index (χ4v) is 3.15. The highest BCUT2D eigenvalue weighted by Crippen LogP contribution is 2.16. The van der Waals surface area contributed by atoms with Crippen LogP contribution in [0, 0.1) is 0 Å². The van der Waals surface area contributed by atoms with Crippen molar-refractivity contribution < 1.29 is 13.6 Å². The molecular weight excluding hydrogens is 376 g/mol. The quantitative estimate of drug-likeness (QED) is 0.510. The normalized spacial score (nSPS) is 11.1. The van der Waals surface area contributed by atoms with Crippen molar-refractivity contribution in [3.05, 3.63) is 87.0 Å². The molecule has 0 spiro atoms. The molecule has 0 aromatic carbocycles. The predicted molar refractivity (Wildman–Crippen MR) is 103 cm³/mol. The van der Waals surface area contributed by atoms with Crippen molar-refractivity contribution in [1.29, 1.82) is 0 Å². The molecule has 4 heterocycles. The van der Waals surface area contributed by atoms with Crippen molar-refractivity contribution in [3.8, 4) is 0 Å². The number of furan rings is 2. The first-order valence-corrected chi connectivity index (χ1v) is 8.85. The monoisotopic (exact) mass is 394 g/mol. The summed E-state index contributed by atoms with van der Waals surface area (Å²) in [5, 5.41) is 0.191. The first-order chi connectivity index (χ1) is 14.0. The zero-order valence-electron chi connectivity index (χ0n) is 15.9. The van der Waals surface area contributed by atoms with Crippen molar-refractivity contribution in [1.82, 2.24) is 19.0 Å². The Kier molecular flexibility index (Phi) is 4.63. The molecule has 4 rings (SSSR count). The number of hydrogen-bond donors (Lipinski definition) is 0. The first kappa shape index (κ1) is 18.5.